The van der Waals surface area contributed by atoms with Crippen molar-refractivity contribution >= 4 is 6.08 Å². The van der Waals surface area contributed by atoms with Crippen molar-refractivity contribution in [2.45, 2.75) is 53.1 Å². The highest BCUT2D eigenvalue weighted by atomic mass is 16.3. The van der Waals surface area contributed by atoms with E-state index in [0.717, 1.165) is 23.1 Å². The molecule has 4 rings (SSSR count). The number of allylic oxidation sites excluding steroid dienone is 1. The zero-order valence-corrected chi connectivity index (χ0v) is 19.6. The van der Waals surface area contributed by atoms with E-state index < -0.39 is 0 Å². The highest BCUT2D eigenvalue weighted by Gasteiger charge is 2.43. The Hall–Kier alpha value is -2.84. The average molecular weight is 427 g/mol. The third-order valence-electron chi connectivity index (χ3n) is 6.73. The van der Waals surface area contributed by atoms with Crippen molar-refractivity contribution < 1.29 is 10.2 Å². The van der Waals surface area contributed by atoms with Gasteiger partial charge in [0.25, 0.3) is 0 Å². The largest absolute Gasteiger partial charge is 0.508 e. The van der Waals surface area contributed by atoms with Gasteiger partial charge in [-0.3, -0.25) is 0 Å². The van der Waals surface area contributed by atoms with Crippen LogP contribution < -0.4 is 0 Å². The molecule has 0 amide bonds. The van der Waals surface area contributed by atoms with Gasteiger partial charge < -0.3 is 10.2 Å². The zero-order chi connectivity index (χ0) is 22.9. The molecule has 0 radical (unpaired) electrons. The molecule has 0 aromatic heterocycles. The molecule has 166 valence electrons. The predicted molar refractivity (Wildman–Crippen MR) is 133 cm³/mol. The lowest BCUT2D eigenvalue weighted by atomic mass is 9.56. The molecule has 1 saturated carbocycles. The SMILES string of the molecule is CC1(C)CC(=Cc2ccc(O)cc2)C(c2ccc(-c3ccc(CO)cc3)cc2)C(C)(C)C1. The van der Waals surface area contributed by atoms with Crippen molar-refractivity contribution in [3.63, 3.8) is 0 Å². The minimum Gasteiger partial charge on any atom is -0.508 e. The highest BCUT2D eigenvalue weighted by molar-refractivity contribution is 5.65. The summed E-state index contributed by atoms with van der Waals surface area (Å²) in [7, 11) is 0. The summed E-state index contributed by atoms with van der Waals surface area (Å²) in [5.41, 5.74) is 7.61. The van der Waals surface area contributed by atoms with Crippen LogP contribution in [0.4, 0.5) is 0 Å². The maximum absolute atomic E-state index is 9.67. The quantitative estimate of drug-likeness (QED) is 0.452. The molecule has 1 aliphatic rings. The standard InChI is InChI=1S/C30H34O2/c1-29(2)18-26(17-21-7-15-27(32)16-8-21)28(30(3,4)20-29)25-13-11-24(12-14-25)23-9-5-22(19-31)6-10-23/h5-17,28,31-32H,18-20H2,1-4H3. The Morgan fingerprint density at radius 2 is 1.38 bits per heavy atom. The normalized spacial score (nSPS) is 20.9. The van der Waals surface area contributed by atoms with Crippen molar-refractivity contribution in [3.05, 3.63) is 95.1 Å². The van der Waals surface area contributed by atoms with Crippen molar-refractivity contribution in [1.29, 1.82) is 0 Å². The van der Waals surface area contributed by atoms with E-state index in [1.165, 1.54) is 23.1 Å². The third-order valence-corrected chi connectivity index (χ3v) is 6.73. The summed E-state index contributed by atoms with van der Waals surface area (Å²) < 4.78 is 0. The number of rotatable bonds is 4. The van der Waals surface area contributed by atoms with Gasteiger partial charge in [0.15, 0.2) is 0 Å². The molecule has 2 N–H and O–H groups in total. The van der Waals surface area contributed by atoms with E-state index in [9.17, 15) is 10.2 Å². The molecule has 2 heteroatoms. The maximum atomic E-state index is 9.67. The van der Waals surface area contributed by atoms with Crippen LogP contribution in [0.5, 0.6) is 5.75 Å². The van der Waals surface area contributed by atoms with E-state index in [1.807, 2.05) is 24.3 Å². The lowest BCUT2D eigenvalue weighted by Crippen LogP contribution is -2.36. The first-order valence-corrected chi connectivity index (χ1v) is 11.5. The Bertz CT molecular complexity index is 1090. The summed E-state index contributed by atoms with van der Waals surface area (Å²) in [4.78, 5) is 0. The Kier molecular flexibility index (Phi) is 6.01. The summed E-state index contributed by atoms with van der Waals surface area (Å²) in [6.07, 6.45) is 4.56. The Labute approximate surface area is 192 Å². The molecule has 0 spiro atoms. The first kappa shape index (κ1) is 22.4. The molecule has 1 unspecified atom stereocenters. The predicted octanol–water partition coefficient (Wildman–Crippen LogP) is 7.56. The molecule has 3 aromatic carbocycles. The zero-order valence-electron chi connectivity index (χ0n) is 19.6. The minimum atomic E-state index is 0.0719. The molecule has 0 aliphatic heterocycles. The summed E-state index contributed by atoms with van der Waals surface area (Å²) in [5.74, 6) is 0.644. The van der Waals surface area contributed by atoms with E-state index in [2.05, 4.69) is 70.2 Å². The molecule has 2 nitrogen and oxygen atoms in total. The average Bonchev–Trinajstić information content (AvgIpc) is 2.74. The van der Waals surface area contributed by atoms with Crippen molar-refractivity contribution in [3.8, 4) is 16.9 Å². The van der Waals surface area contributed by atoms with Crippen LogP contribution in [-0.2, 0) is 6.61 Å². The van der Waals surface area contributed by atoms with Crippen molar-refractivity contribution in [2.75, 3.05) is 0 Å². The Morgan fingerprint density at radius 3 is 1.94 bits per heavy atom. The minimum absolute atomic E-state index is 0.0719. The molecular weight excluding hydrogens is 392 g/mol. The second kappa shape index (κ2) is 8.60. The fraction of sp³-hybridized carbons (Fsp3) is 0.333. The number of aliphatic hydroxyl groups is 1. The Morgan fingerprint density at radius 1 is 0.812 bits per heavy atom. The maximum Gasteiger partial charge on any atom is 0.115 e. The smallest absolute Gasteiger partial charge is 0.115 e. The van der Waals surface area contributed by atoms with Gasteiger partial charge in [0.2, 0.25) is 0 Å². The van der Waals surface area contributed by atoms with Gasteiger partial charge in [0.1, 0.15) is 5.75 Å². The van der Waals surface area contributed by atoms with Gasteiger partial charge in [-0.2, -0.15) is 0 Å². The topological polar surface area (TPSA) is 40.5 Å². The summed E-state index contributed by atoms with van der Waals surface area (Å²) in [5, 5.41) is 19.0. The monoisotopic (exact) mass is 426 g/mol. The second-order valence-corrected chi connectivity index (χ2v) is 10.7. The molecule has 0 heterocycles. The number of phenols is 1. The van der Waals surface area contributed by atoms with Crippen LogP contribution in [0.3, 0.4) is 0 Å². The molecule has 1 atom stereocenters. The van der Waals surface area contributed by atoms with Gasteiger partial charge in [-0.05, 0) is 63.6 Å². The van der Waals surface area contributed by atoms with Crippen LogP contribution in [0.2, 0.25) is 0 Å². The van der Waals surface area contributed by atoms with Crippen LogP contribution in [0.1, 0.15) is 63.1 Å². The van der Waals surface area contributed by atoms with E-state index in [1.54, 1.807) is 12.1 Å². The number of hydrogen-bond donors (Lipinski definition) is 2. The first-order chi connectivity index (χ1) is 15.2. The van der Waals surface area contributed by atoms with Crippen LogP contribution in [0, 0.1) is 10.8 Å². The van der Waals surface area contributed by atoms with E-state index in [-0.39, 0.29) is 17.4 Å². The number of hydrogen-bond acceptors (Lipinski definition) is 2. The molecule has 32 heavy (non-hydrogen) atoms. The summed E-state index contributed by atoms with van der Waals surface area (Å²) in [6, 6.07) is 24.6. The lowest BCUT2D eigenvalue weighted by Gasteiger charge is -2.48. The number of aromatic hydroxyl groups is 1. The van der Waals surface area contributed by atoms with Gasteiger partial charge in [-0.25, -0.2) is 0 Å². The fourth-order valence-electron chi connectivity index (χ4n) is 5.81. The van der Waals surface area contributed by atoms with Gasteiger partial charge >= 0.3 is 0 Å². The number of aliphatic hydroxyl groups excluding tert-OH is 1. The van der Waals surface area contributed by atoms with E-state index >= 15 is 0 Å². The first-order valence-electron chi connectivity index (χ1n) is 11.5. The summed E-state index contributed by atoms with van der Waals surface area (Å²) >= 11 is 0. The molecule has 0 bridgehead atoms. The highest BCUT2D eigenvalue weighted by Crippen LogP contribution is 2.56. The van der Waals surface area contributed by atoms with E-state index in [4.69, 9.17) is 0 Å². The fourth-order valence-corrected chi connectivity index (χ4v) is 5.81. The van der Waals surface area contributed by atoms with Gasteiger partial charge in [-0.1, -0.05) is 100 Å². The molecule has 1 aliphatic carbocycles. The Balaban J connectivity index is 1.71. The lowest BCUT2D eigenvalue weighted by molar-refractivity contribution is 0.131. The van der Waals surface area contributed by atoms with Crippen LogP contribution in [0.25, 0.3) is 17.2 Å². The molecule has 1 fully saturated rings. The molecular formula is C30H34O2. The van der Waals surface area contributed by atoms with E-state index in [0.29, 0.717) is 11.7 Å². The van der Waals surface area contributed by atoms with Gasteiger partial charge in [0.05, 0.1) is 6.61 Å². The molecule has 0 saturated heterocycles. The summed E-state index contributed by atoms with van der Waals surface area (Å²) in [6.45, 7) is 9.60. The number of benzene rings is 3. The van der Waals surface area contributed by atoms with Crippen LogP contribution in [0.15, 0.2) is 78.4 Å². The number of phenolic OH excluding ortho intramolecular Hbond substituents is 1. The van der Waals surface area contributed by atoms with Crippen molar-refractivity contribution in [1.82, 2.24) is 0 Å². The molecule has 3 aromatic rings. The van der Waals surface area contributed by atoms with Gasteiger partial charge in [0, 0.05) is 5.92 Å². The van der Waals surface area contributed by atoms with Crippen molar-refractivity contribution in [2.24, 2.45) is 10.8 Å². The van der Waals surface area contributed by atoms with Gasteiger partial charge in [-0.15, -0.1) is 0 Å². The van der Waals surface area contributed by atoms with Crippen LogP contribution in [-0.4, -0.2) is 10.2 Å². The second-order valence-electron chi connectivity index (χ2n) is 10.7. The third kappa shape index (κ3) is 4.81. The van der Waals surface area contributed by atoms with Crippen LogP contribution >= 0.6 is 0 Å².